The third-order valence-corrected chi connectivity index (χ3v) is 2.47. The Labute approximate surface area is 99.5 Å². The molecule has 5 nitrogen and oxygen atoms in total. The van der Waals surface area contributed by atoms with E-state index in [0.29, 0.717) is 11.4 Å². The molecule has 2 aromatic heterocycles. The maximum Gasteiger partial charge on any atom is 0.128 e. The zero-order valence-corrected chi connectivity index (χ0v) is 9.51. The molecule has 0 aromatic carbocycles. The highest BCUT2D eigenvalue weighted by Crippen LogP contribution is 2.18. The molecule has 0 saturated heterocycles. The normalized spacial score (nSPS) is 11.8. The van der Waals surface area contributed by atoms with Crippen molar-refractivity contribution in [3.8, 4) is 6.07 Å². The van der Waals surface area contributed by atoms with Gasteiger partial charge >= 0.3 is 0 Å². The van der Waals surface area contributed by atoms with Crippen LogP contribution in [0.2, 0.25) is 0 Å². The minimum Gasteiger partial charge on any atom is -0.360 e. The van der Waals surface area contributed by atoms with E-state index in [0.717, 1.165) is 12.2 Å². The van der Waals surface area contributed by atoms with Gasteiger partial charge in [0, 0.05) is 18.6 Å². The first-order valence-electron chi connectivity index (χ1n) is 5.45. The maximum atomic E-state index is 8.81. The summed E-state index contributed by atoms with van der Waals surface area (Å²) in [5, 5.41) is 12.1. The van der Waals surface area contributed by atoms with E-state index in [1.54, 1.807) is 30.7 Å². The van der Waals surface area contributed by atoms with Gasteiger partial charge in [0.05, 0.1) is 17.7 Å². The van der Waals surface area contributed by atoms with E-state index in [2.05, 4.69) is 33.3 Å². The monoisotopic (exact) mass is 227 g/mol. The molecule has 0 aliphatic carbocycles. The molecule has 2 N–H and O–H groups in total. The van der Waals surface area contributed by atoms with Crippen LogP contribution >= 0.6 is 0 Å². The van der Waals surface area contributed by atoms with Gasteiger partial charge in [0.1, 0.15) is 11.6 Å². The fraction of sp³-hybridized carbons (Fsp3) is 0.250. The van der Waals surface area contributed by atoms with Crippen LogP contribution in [0.25, 0.3) is 0 Å². The number of aromatic nitrogens is 3. The van der Waals surface area contributed by atoms with Gasteiger partial charge in [0.15, 0.2) is 0 Å². The zero-order valence-electron chi connectivity index (χ0n) is 9.51. The number of hydrogen-bond donors (Lipinski definition) is 2. The van der Waals surface area contributed by atoms with Crippen LogP contribution in [0.3, 0.4) is 0 Å². The van der Waals surface area contributed by atoms with Gasteiger partial charge in [-0.1, -0.05) is 6.92 Å². The van der Waals surface area contributed by atoms with Crippen molar-refractivity contribution in [3.63, 3.8) is 0 Å². The summed E-state index contributed by atoms with van der Waals surface area (Å²) in [5.74, 6) is 1.56. The van der Waals surface area contributed by atoms with E-state index >= 15 is 0 Å². The van der Waals surface area contributed by atoms with E-state index in [-0.39, 0.29) is 6.04 Å². The smallest absolute Gasteiger partial charge is 0.128 e. The number of pyridine rings is 1. The Morgan fingerprint density at radius 2 is 2.35 bits per heavy atom. The molecule has 0 amide bonds. The Morgan fingerprint density at radius 1 is 1.47 bits per heavy atom. The molecule has 2 heterocycles. The summed E-state index contributed by atoms with van der Waals surface area (Å²) in [6.07, 6.45) is 6.01. The van der Waals surface area contributed by atoms with Crippen LogP contribution in [0.4, 0.5) is 5.82 Å². The number of aromatic amines is 1. The molecule has 0 aliphatic heterocycles. The SMILES string of the molecule is CCC(Nc1cc(C#N)ccn1)c1ncc[nH]1. The first-order valence-corrected chi connectivity index (χ1v) is 5.45. The average Bonchev–Trinajstić information content (AvgIpc) is 2.90. The van der Waals surface area contributed by atoms with Gasteiger partial charge in [-0.15, -0.1) is 0 Å². The third-order valence-electron chi connectivity index (χ3n) is 2.47. The summed E-state index contributed by atoms with van der Waals surface area (Å²) in [6.45, 7) is 2.06. The van der Waals surface area contributed by atoms with Crippen molar-refractivity contribution in [1.29, 1.82) is 5.26 Å². The van der Waals surface area contributed by atoms with Crippen molar-refractivity contribution in [3.05, 3.63) is 42.1 Å². The van der Waals surface area contributed by atoms with Crippen molar-refractivity contribution in [2.24, 2.45) is 0 Å². The lowest BCUT2D eigenvalue weighted by molar-refractivity contribution is 0.700. The minimum absolute atomic E-state index is 0.0754. The van der Waals surface area contributed by atoms with Crippen molar-refractivity contribution in [2.45, 2.75) is 19.4 Å². The Kier molecular flexibility index (Phi) is 3.36. The van der Waals surface area contributed by atoms with Gasteiger partial charge in [-0.25, -0.2) is 9.97 Å². The van der Waals surface area contributed by atoms with Gasteiger partial charge in [-0.05, 0) is 18.6 Å². The number of rotatable bonds is 4. The zero-order chi connectivity index (χ0) is 12.1. The van der Waals surface area contributed by atoms with Crippen LogP contribution in [0.1, 0.15) is 30.8 Å². The second-order valence-corrected chi connectivity index (χ2v) is 3.62. The topological polar surface area (TPSA) is 77.4 Å². The van der Waals surface area contributed by atoms with E-state index in [1.165, 1.54) is 0 Å². The second-order valence-electron chi connectivity index (χ2n) is 3.62. The summed E-state index contributed by atoms with van der Waals surface area (Å²) in [4.78, 5) is 11.5. The van der Waals surface area contributed by atoms with Gasteiger partial charge in [-0.3, -0.25) is 0 Å². The first-order chi connectivity index (χ1) is 8.33. The lowest BCUT2D eigenvalue weighted by atomic mass is 10.2. The molecule has 86 valence electrons. The Balaban J connectivity index is 2.16. The van der Waals surface area contributed by atoms with Crippen molar-refractivity contribution in [1.82, 2.24) is 15.0 Å². The van der Waals surface area contributed by atoms with Gasteiger partial charge in [0.25, 0.3) is 0 Å². The predicted molar refractivity (Wildman–Crippen MR) is 64.2 cm³/mol. The highest BCUT2D eigenvalue weighted by Gasteiger charge is 2.11. The lowest BCUT2D eigenvalue weighted by Gasteiger charge is -2.15. The predicted octanol–water partition coefficient (Wildman–Crippen LogP) is 2.24. The van der Waals surface area contributed by atoms with Crippen LogP contribution in [0.15, 0.2) is 30.7 Å². The highest BCUT2D eigenvalue weighted by atomic mass is 15.1. The largest absolute Gasteiger partial charge is 0.360 e. The van der Waals surface area contributed by atoms with Gasteiger partial charge in [-0.2, -0.15) is 5.26 Å². The van der Waals surface area contributed by atoms with E-state index in [9.17, 15) is 0 Å². The maximum absolute atomic E-state index is 8.81. The molecule has 0 aliphatic rings. The van der Waals surface area contributed by atoms with Crippen molar-refractivity contribution >= 4 is 5.82 Å². The molecule has 0 spiro atoms. The van der Waals surface area contributed by atoms with E-state index in [1.807, 2.05) is 0 Å². The Bertz CT molecular complexity index is 512. The standard InChI is InChI=1S/C12H13N5/c1-2-10(12-15-5-6-16-12)17-11-7-9(8-13)3-4-14-11/h3-7,10H,2H2,1H3,(H,14,17)(H,15,16). The quantitative estimate of drug-likeness (QED) is 0.839. The highest BCUT2D eigenvalue weighted by molar-refractivity contribution is 5.43. The third kappa shape index (κ3) is 2.61. The van der Waals surface area contributed by atoms with Crippen LogP contribution < -0.4 is 5.32 Å². The lowest BCUT2D eigenvalue weighted by Crippen LogP contribution is -2.12. The molecule has 0 radical (unpaired) electrons. The Morgan fingerprint density at radius 3 is 3.00 bits per heavy atom. The summed E-state index contributed by atoms with van der Waals surface area (Å²) in [7, 11) is 0. The van der Waals surface area contributed by atoms with Gasteiger partial charge < -0.3 is 10.3 Å². The fourth-order valence-corrected chi connectivity index (χ4v) is 1.59. The molecule has 17 heavy (non-hydrogen) atoms. The number of imidazole rings is 1. The average molecular weight is 227 g/mol. The van der Waals surface area contributed by atoms with Crippen molar-refractivity contribution in [2.75, 3.05) is 5.32 Å². The summed E-state index contributed by atoms with van der Waals surface area (Å²) in [6, 6.07) is 5.57. The molecule has 5 heteroatoms. The van der Waals surface area contributed by atoms with E-state index in [4.69, 9.17) is 5.26 Å². The number of nitrogens with one attached hydrogen (secondary N) is 2. The summed E-state index contributed by atoms with van der Waals surface area (Å²) < 4.78 is 0. The molecule has 1 atom stereocenters. The minimum atomic E-state index is 0.0754. The number of anilines is 1. The first kappa shape index (κ1) is 11.1. The van der Waals surface area contributed by atoms with Crippen LogP contribution in [0, 0.1) is 11.3 Å². The molecule has 0 bridgehead atoms. The van der Waals surface area contributed by atoms with Crippen LogP contribution in [-0.2, 0) is 0 Å². The molecular weight excluding hydrogens is 214 g/mol. The molecule has 0 fully saturated rings. The van der Waals surface area contributed by atoms with Crippen molar-refractivity contribution < 1.29 is 0 Å². The number of H-pyrrole nitrogens is 1. The van der Waals surface area contributed by atoms with E-state index < -0.39 is 0 Å². The van der Waals surface area contributed by atoms with Crippen LogP contribution in [0.5, 0.6) is 0 Å². The number of nitriles is 1. The van der Waals surface area contributed by atoms with Crippen LogP contribution in [-0.4, -0.2) is 15.0 Å². The summed E-state index contributed by atoms with van der Waals surface area (Å²) in [5.41, 5.74) is 0.594. The number of hydrogen-bond acceptors (Lipinski definition) is 4. The van der Waals surface area contributed by atoms with Gasteiger partial charge in [0.2, 0.25) is 0 Å². The molecule has 2 aromatic rings. The molecular formula is C12H13N5. The summed E-state index contributed by atoms with van der Waals surface area (Å²) >= 11 is 0. The molecule has 2 rings (SSSR count). The fourth-order valence-electron chi connectivity index (χ4n) is 1.59. The molecule has 1 unspecified atom stereocenters. The molecule has 0 saturated carbocycles. The number of nitrogens with zero attached hydrogens (tertiary/aromatic N) is 3. The second kappa shape index (κ2) is 5.12. The Hall–Kier alpha value is -2.35.